The average molecular weight is 424 g/mol. The minimum absolute atomic E-state index is 0.0565. The van der Waals surface area contributed by atoms with E-state index in [0.717, 1.165) is 25.2 Å². The number of carbonyl (C=O) groups is 3. The van der Waals surface area contributed by atoms with E-state index in [1.807, 2.05) is 4.90 Å². The van der Waals surface area contributed by atoms with Crippen LogP contribution in [0.3, 0.4) is 0 Å². The van der Waals surface area contributed by atoms with Gasteiger partial charge in [0, 0.05) is 39.0 Å². The number of piperidine rings is 1. The molecule has 2 aliphatic rings. The zero-order valence-corrected chi connectivity index (χ0v) is 19.1. The Kier molecular flexibility index (Phi) is 9.92. The van der Waals surface area contributed by atoms with Gasteiger partial charge in [0.25, 0.3) is 0 Å². The van der Waals surface area contributed by atoms with E-state index in [0.29, 0.717) is 32.0 Å². The smallest absolute Gasteiger partial charge is 0.407 e. The van der Waals surface area contributed by atoms with Gasteiger partial charge in [-0.2, -0.15) is 0 Å². The van der Waals surface area contributed by atoms with E-state index in [-0.39, 0.29) is 24.8 Å². The third-order valence-electron chi connectivity index (χ3n) is 6.07. The van der Waals surface area contributed by atoms with Gasteiger partial charge in [0.15, 0.2) is 0 Å². The maximum Gasteiger partial charge on any atom is 0.407 e. The van der Waals surface area contributed by atoms with Crippen molar-refractivity contribution < 1.29 is 19.1 Å². The Balaban J connectivity index is 1.54. The Hall–Kier alpha value is -1.79. The van der Waals surface area contributed by atoms with E-state index in [1.165, 1.54) is 32.1 Å². The van der Waals surface area contributed by atoms with Crippen LogP contribution in [0.1, 0.15) is 85.0 Å². The number of likely N-dealkylation sites (tertiary alicyclic amines) is 1. The van der Waals surface area contributed by atoms with Gasteiger partial charge in [-0.25, -0.2) is 4.79 Å². The molecule has 2 rings (SSSR count). The molecule has 0 atom stereocenters. The largest absolute Gasteiger partial charge is 0.444 e. The summed E-state index contributed by atoms with van der Waals surface area (Å²) in [4.78, 5) is 38.0. The summed E-state index contributed by atoms with van der Waals surface area (Å²) in [6, 6.07) is 0. The first-order valence-corrected chi connectivity index (χ1v) is 11.7. The first-order chi connectivity index (χ1) is 14.2. The summed E-state index contributed by atoms with van der Waals surface area (Å²) in [5.41, 5.74) is -0.540. The van der Waals surface area contributed by atoms with Crippen molar-refractivity contribution >= 4 is 17.9 Å². The topological polar surface area (TPSA) is 87.7 Å². The Morgan fingerprint density at radius 3 is 2.20 bits per heavy atom. The van der Waals surface area contributed by atoms with Crippen LogP contribution in [0.4, 0.5) is 4.79 Å². The van der Waals surface area contributed by atoms with Gasteiger partial charge in [-0.15, -0.1) is 0 Å². The molecule has 7 nitrogen and oxygen atoms in total. The highest BCUT2D eigenvalue weighted by molar-refractivity contribution is 5.77. The molecule has 0 spiro atoms. The lowest BCUT2D eigenvalue weighted by molar-refractivity contribution is -0.132. The summed E-state index contributed by atoms with van der Waals surface area (Å²) in [5, 5.41) is 5.73. The molecule has 0 aromatic rings. The van der Waals surface area contributed by atoms with Gasteiger partial charge in [-0.05, 0) is 51.9 Å². The maximum atomic E-state index is 12.3. The van der Waals surface area contributed by atoms with E-state index in [4.69, 9.17) is 4.74 Å². The second-order valence-electron chi connectivity index (χ2n) is 9.85. The molecule has 1 saturated carbocycles. The molecule has 1 aliphatic heterocycles. The van der Waals surface area contributed by atoms with E-state index in [9.17, 15) is 14.4 Å². The van der Waals surface area contributed by atoms with Crippen molar-refractivity contribution in [1.29, 1.82) is 0 Å². The number of amides is 3. The molecule has 30 heavy (non-hydrogen) atoms. The molecule has 1 saturated heterocycles. The Bertz CT molecular complexity index is 559. The lowest BCUT2D eigenvalue weighted by Crippen LogP contribution is -2.42. The van der Waals surface area contributed by atoms with Crippen molar-refractivity contribution in [2.75, 3.05) is 26.2 Å². The third-order valence-corrected chi connectivity index (χ3v) is 6.07. The normalized spacial score (nSPS) is 18.7. The first kappa shape index (κ1) is 24.5. The number of nitrogens with one attached hydrogen (secondary N) is 2. The molecule has 0 radical (unpaired) electrons. The molecule has 1 aliphatic carbocycles. The molecular weight excluding hydrogens is 382 g/mol. The minimum atomic E-state index is -0.540. The fourth-order valence-electron chi connectivity index (χ4n) is 4.29. The average Bonchev–Trinajstić information content (AvgIpc) is 2.70. The molecule has 0 aromatic carbocycles. The van der Waals surface area contributed by atoms with E-state index in [2.05, 4.69) is 10.6 Å². The molecule has 172 valence electrons. The SMILES string of the molecule is CC(C)(C)OC(=O)NCCC(=O)N1CCC(CNC(=O)CCC2CCCCC2)CC1. The van der Waals surface area contributed by atoms with Crippen LogP contribution >= 0.6 is 0 Å². The van der Waals surface area contributed by atoms with Crippen molar-refractivity contribution in [3.05, 3.63) is 0 Å². The molecule has 0 unspecified atom stereocenters. The summed E-state index contributed by atoms with van der Waals surface area (Å²) in [5.74, 6) is 1.41. The first-order valence-electron chi connectivity index (χ1n) is 11.7. The second-order valence-corrected chi connectivity index (χ2v) is 9.85. The van der Waals surface area contributed by atoms with Gasteiger partial charge < -0.3 is 20.3 Å². The zero-order chi connectivity index (χ0) is 22.0. The van der Waals surface area contributed by atoms with Crippen LogP contribution in [0.2, 0.25) is 0 Å². The van der Waals surface area contributed by atoms with Gasteiger partial charge >= 0.3 is 6.09 Å². The summed E-state index contributed by atoms with van der Waals surface area (Å²) >= 11 is 0. The highest BCUT2D eigenvalue weighted by atomic mass is 16.6. The molecule has 0 bridgehead atoms. The third kappa shape index (κ3) is 9.81. The lowest BCUT2D eigenvalue weighted by atomic mass is 9.86. The van der Waals surface area contributed by atoms with Crippen LogP contribution in [-0.4, -0.2) is 54.6 Å². The quantitative estimate of drug-likeness (QED) is 0.624. The van der Waals surface area contributed by atoms with Crippen LogP contribution in [-0.2, 0) is 14.3 Å². The number of nitrogens with zero attached hydrogens (tertiary/aromatic N) is 1. The fraction of sp³-hybridized carbons (Fsp3) is 0.870. The van der Waals surface area contributed by atoms with Crippen molar-refractivity contribution in [2.45, 2.75) is 90.6 Å². The van der Waals surface area contributed by atoms with Crippen LogP contribution in [0, 0.1) is 11.8 Å². The maximum absolute atomic E-state index is 12.3. The zero-order valence-electron chi connectivity index (χ0n) is 19.1. The van der Waals surface area contributed by atoms with Gasteiger partial charge in [-0.3, -0.25) is 9.59 Å². The summed E-state index contributed by atoms with van der Waals surface area (Å²) in [7, 11) is 0. The van der Waals surface area contributed by atoms with Crippen LogP contribution in [0.25, 0.3) is 0 Å². The monoisotopic (exact) mass is 423 g/mol. The molecule has 0 aromatic heterocycles. The predicted octanol–water partition coefficient (Wildman–Crippen LogP) is 3.62. The fourth-order valence-corrected chi connectivity index (χ4v) is 4.29. The van der Waals surface area contributed by atoms with Gasteiger partial charge in [0.1, 0.15) is 5.60 Å². The number of rotatable bonds is 8. The van der Waals surface area contributed by atoms with Gasteiger partial charge in [0.2, 0.25) is 11.8 Å². The minimum Gasteiger partial charge on any atom is -0.444 e. The number of hydrogen-bond acceptors (Lipinski definition) is 4. The number of ether oxygens (including phenoxy) is 1. The number of carbonyl (C=O) groups excluding carboxylic acids is 3. The van der Waals surface area contributed by atoms with Crippen LogP contribution in [0.15, 0.2) is 0 Å². The van der Waals surface area contributed by atoms with E-state index >= 15 is 0 Å². The second kappa shape index (κ2) is 12.2. The van der Waals surface area contributed by atoms with E-state index < -0.39 is 11.7 Å². The Labute approximate surface area is 181 Å². The molecule has 1 heterocycles. The van der Waals surface area contributed by atoms with Crippen LogP contribution < -0.4 is 10.6 Å². The summed E-state index contributed by atoms with van der Waals surface area (Å²) in [6.45, 7) is 7.85. The molecular formula is C23H41N3O4. The van der Waals surface area contributed by atoms with Crippen molar-refractivity contribution in [3.8, 4) is 0 Å². The van der Waals surface area contributed by atoms with Gasteiger partial charge in [0.05, 0.1) is 0 Å². The van der Waals surface area contributed by atoms with Crippen LogP contribution in [0.5, 0.6) is 0 Å². The molecule has 3 amide bonds. The summed E-state index contributed by atoms with van der Waals surface area (Å²) < 4.78 is 5.17. The lowest BCUT2D eigenvalue weighted by Gasteiger charge is -2.32. The highest BCUT2D eigenvalue weighted by Crippen LogP contribution is 2.27. The summed E-state index contributed by atoms with van der Waals surface area (Å²) in [6.07, 6.45) is 9.84. The molecule has 2 N–H and O–H groups in total. The highest BCUT2D eigenvalue weighted by Gasteiger charge is 2.23. The molecule has 2 fully saturated rings. The number of alkyl carbamates (subject to hydrolysis) is 1. The van der Waals surface area contributed by atoms with Crippen molar-refractivity contribution in [2.24, 2.45) is 11.8 Å². The number of hydrogen-bond donors (Lipinski definition) is 2. The standard InChI is InChI=1S/C23H41N3O4/c1-23(2,3)30-22(29)24-14-11-21(28)26-15-12-19(13-16-26)17-25-20(27)10-9-18-7-5-4-6-8-18/h18-19H,4-17H2,1-3H3,(H,24,29)(H,25,27). The van der Waals surface area contributed by atoms with Gasteiger partial charge in [-0.1, -0.05) is 32.1 Å². The Morgan fingerprint density at radius 2 is 1.57 bits per heavy atom. The van der Waals surface area contributed by atoms with Crippen molar-refractivity contribution in [1.82, 2.24) is 15.5 Å². The molecule has 7 heteroatoms. The van der Waals surface area contributed by atoms with E-state index in [1.54, 1.807) is 20.8 Å². The predicted molar refractivity (Wildman–Crippen MR) is 117 cm³/mol. The van der Waals surface area contributed by atoms with Crippen molar-refractivity contribution in [3.63, 3.8) is 0 Å². The Morgan fingerprint density at radius 1 is 0.900 bits per heavy atom.